The topological polar surface area (TPSA) is 66.6 Å². The molecule has 0 spiro atoms. The van der Waals surface area contributed by atoms with Crippen molar-refractivity contribution in [3.05, 3.63) is 0 Å². The monoisotopic (exact) mass is 253 g/mol. The minimum atomic E-state index is -0.409. The molecule has 102 valence electrons. The molecule has 2 amide bonds. The van der Waals surface area contributed by atoms with Crippen molar-refractivity contribution in [2.24, 2.45) is 5.73 Å². The zero-order valence-electron chi connectivity index (χ0n) is 11.1. The van der Waals surface area contributed by atoms with Crippen molar-refractivity contribution in [1.82, 2.24) is 9.80 Å². The van der Waals surface area contributed by atoms with E-state index in [-0.39, 0.29) is 17.9 Å². The van der Waals surface area contributed by atoms with Crippen molar-refractivity contribution in [3.63, 3.8) is 0 Å². The van der Waals surface area contributed by atoms with Gasteiger partial charge in [-0.3, -0.25) is 9.59 Å². The summed E-state index contributed by atoms with van der Waals surface area (Å²) >= 11 is 0. The van der Waals surface area contributed by atoms with E-state index in [2.05, 4.69) is 0 Å². The number of carbonyl (C=O) groups is 2. The van der Waals surface area contributed by atoms with E-state index in [1.807, 2.05) is 11.8 Å². The fourth-order valence-corrected chi connectivity index (χ4v) is 2.89. The van der Waals surface area contributed by atoms with Crippen molar-refractivity contribution in [1.29, 1.82) is 0 Å². The van der Waals surface area contributed by atoms with Crippen molar-refractivity contribution in [3.8, 4) is 0 Å². The number of nitrogens with zero attached hydrogens (tertiary/aromatic N) is 2. The molecule has 0 aliphatic carbocycles. The van der Waals surface area contributed by atoms with E-state index in [0.717, 1.165) is 25.9 Å². The maximum Gasteiger partial charge on any atom is 0.245 e. The van der Waals surface area contributed by atoms with Gasteiger partial charge in [0.2, 0.25) is 11.8 Å². The first-order valence-corrected chi connectivity index (χ1v) is 7.00. The summed E-state index contributed by atoms with van der Waals surface area (Å²) in [5.41, 5.74) is 5.72. The Morgan fingerprint density at radius 2 is 2.00 bits per heavy atom. The molecule has 0 aromatic heterocycles. The van der Waals surface area contributed by atoms with Crippen LogP contribution < -0.4 is 5.73 Å². The summed E-state index contributed by atoms with van der Waals surface area (Å²) in [5.74, 6) is 0.0480. The molecule has 2 rings (SSSR count). The molecule has 0 saturated carbocycles. The maximum absolute atomic E-state index is 12.5. The molecule has 5 heteroatoms. The Bertz CT molecular complexity index is 326. The van der Waals surface area contributed by atoms with Crippen molar-refractivity contribution in [2.75, 3.05) is 19.6 Å². The van der Waals surface area contributed by atoms with Gasteiger partial charge in [0.15, 0.2) is 0 Å². The molecule has 18 heavy (non-hydrogen) atoms. The third-order valence-electron chi connectivity index (χ3n) is 4.00. The Kier molecular flexibility index (Phi) is 4.22. The Balaban J connectivity index is 2.03. The Hall–Kier alpha value is -1.10. The van der Waals surface area contributed by atoms with Crippen LogP contribution >= 0.6 is 0 Å². The average molecular weight is 253 g/mol. The standard InChI is InChI=1S/C13H23N3O2/c1-2-11(16-9-6-10(14)12(16)17)13(18)15-7-4-3-5-8-15/h10-11H,2-9,14H2,1H3/t10-,11-/m1/s1. The molecular weight excluding hydrogens is 230 g/mol. The van der Waals surface area contributed by atoms with E-state index in [9.17, 15) is 9.59 Å². The minimum absolute atomic E-state index is 0.0628. The van der Waals surface area contributed by atoms with E-state index < -0.39 is 6.04 Å². The van der Waals surface area contributed by atoms with Gasteiger partial charge in [-0.25, -0.2) is 0 Å². The summed E-state index contributed by atoms with van der Waals surface area (Å²) in [6, 6.07) is -0.711. The van der Waals surface area contributed by atoms with Crippen LogP contribution in [0.4, 0.5) is 0 Å². The minimum Gasteiger partial charge on any atom is -0.341 e. The third-order valence-corrected chi connectivity index (χ3v) is 4.00. The molecule has 2 atom stereocenters. The number of hydrogen-bond donors (Lipinski definition) is 1. The van der Waals surface area contributed by atoms with E-state index in [4.69, 9.17) is 5.73 Å². The molecule has 0 bridgehead atoms. The van der Waals surface area contributed by atoms with Crippen LogP contribution in [-0.2, 0) is 9.59 Å². The number of rotatable bonds is 3. The first-order valence-electron chi connectivity index (χ1n) is 7.00. The largest absolute Gasteiger partial charge is 0.341 e. The average Bonchev–Trinajstić information content (AvgIpc) is 2.73. The van der Waals surface area contributed by atoms with Crippen LogP contribution in [0.1, 0.15) is 39.0 Å². The molecular formula is C13H23N3O2. The van der Waals surface area contributed by atoms with Crippen molar-refractivity contribution >= 4 is 11.8 Å². The summed E-state index contributed by atoms with van der Waals surface area (Å²) in [6.45, 7) is 4.26. The molecule has 2 saturated heterocycles. The highest BCUT2D eigenvalue weighted by molar-refractivity contribution is 5.91. The number of amides is 2. The Labute approximate surface area is 108 Å². The highest BCUT2D eigenvalue weighted by Gasteiger charge is 2.37. The van der Waals surface area contributed by atoms with Gasteiger partial charge < -0.3 is 15.5 Å². The van der Waals surface area contributed by atoms with Crippen LogP contribution in [0, 0.1) is 0 Å². The fraction of sp³-hybridized carbons (Fsp3) is 0.846. The second kappa shape index (κ2) is 5.69. The van der Waals surface area contributed by atoms with E-state index in [1.54, 1.807) is 4.90 Å². The van der Waals surface area contributed by atoms with Gasteiger partial charge in [0, 0.05) is 19.6 Å². The maximum atomic E-state index is 12.5. The number of nitrogens with two attached hydrogens (primary N) is 1. The van der Waals surface area contributed by atoms with Crippen LogP contribution in [-0.4, -0.2) is 53.3 Å². The summed E-state index contributed by atoms with van der Waals surface area (Å²) in [5, 5.41) is 0. The van der Waals surface area contributed by atoms with E-state index in [1.165, 1.54) is 6.42 Å². The fourth-order valence-electron chi connectivity index (χ4n) is 2.89. The van der Waals surface area contributed by atoms with Gasteiger partial charge in [-0.1, -0.05) is 6.92 Å². The second-order valence-electron chi connectivity index (χ2n) is 5.24. The summed E-state index contributed by atoms with van der Waals surface area (Å²) in [6.07, 6.45) is 4.70. The molecule has 2 aliphatic heterocycles. The van der Waals surface area contributed by atoms with Gasteiger partial charge in [-0.15, -0.1) is 0 Å². The van der Waals surface area contributed by atoms with Crippen LogP contribution in [0.2, 0.25) is 0 Å². The number of piperidine rings is 1. The second-order valence-corrected chi connectivity index (χ2v) is 5.24. The van der Waals surface area contributed by atoms with Crippen molar-refractivity contribution < 1.29 is 9.59 Å². The molecule has 2 N–H and O–H groups in total. The van der Waals surface area contributed by atoms with Gasteiger partial charge in [0.05, 0.1) is 6.04 Å². The van der Waals surface area contributed by atoms with Crippen LogP contribution in [0.5, 0.6) is 0 Å². The summed E-state index contributed by atoms with van der Waals surface area (Å²) < 4.78 is 0. The number of hydrogen-bond acceptors (Lipinski definition) is 3. The lowest BCUT2D eigenvalue weighted by atomic mass is 10.1. The SMILES string of the molecule is CC[C@H](C(=O)N1CCCCC1)N1CC[C@@H](N)C1=O. The molecule has 0 radical (unpaired) electrons. The first-order chi connectivity index (χ1) is 8.65. The van der Waals surface area contributed by atoms with Crippen LogP contribution in [0.15, 0.2) is 0 Å². The lowest BCUT2D eigenvalue weighted by molar-refractivity contribution is -0.144. The van der Waals surface area contributed by atoms with Crippen LogP contribution in [0.25, 0.3) is 0 Å². The molecule has 2 heterocycles. The lowest BCUT2D eigenvalue weighted by Crippen LogP contribution is -2.51. The highest BCUT2D eigenvalue weighted by Crippen LogP contribution is 2.19. The van der Waals surface area contributed by atoms with Gasteiger partial charge in [-0.05, 0) is 32.1 Å². The van der Waals surface area contributed by atoms with Gasteiger partial charge in [0.25, 0.3) is 0 Å². The predicted molar refractivity (Wildman–Crippen MR) is 68.8 cm³/mol. The summed E-state index contributed by atoms with van der Waals surface area (Å²) in [4.78, 5) is 28.0. The normalized spacial score (nSPS) is 26.6. The first kappa shape index (κ1) is 13.3. The van der Waals surface area contributed by atoms with Gasteiger partial charge in [-0.2, -0.15) is 0 Å². The zero-order valence-corrected chi connectivity index (χ0v) is 11.1. The van der Waals surface area contributed by atoms with Gasteiger partial charge >= 0.3 is 0 Å². The zero-order chi connectivity index (χ0) is 13.1. The van der Waals surface area contributed by atoms with E-state index >= 15 is 0 Å². The Morgan fingerprint density at radius 1 is 1.33 bits per heavy atom. The lowest BCUT2D eigenvalue weighted by Gasteiger charge is -2.34. The van der Waals surface area contributed by atoms with Crippen molar-refractivity contribution in [2.45, 2.75) is 51.1 Å². The smallest absolute Gasteiger partial charge is 0.245 e. The van der Waals surface area contributed by atoms with Crippen LogP contribution in [0.3, 0.4) is 0 Å². The number of likely N-dealkylation sites (tertiary alicyclic amines) is 2. The molecule has 0 aromatic rings. The quantitative estimate of drug-likeness (QED) is 0.788. The van der Waals surface area contributed by atoms with E-state index in [0.29, 0.717) is 19.4 Å². The third kappa shape index (κ3) is 2.51. The molecule has 5 nitrogen and oxygen atoms in total. The molecule has 0 unspecified atom stereocenters. The number of carbonyl (C=O) groups excluding carboxylic acids is 2. The summed E-state index contributed by atoms with van der Waals surface area (Å²) in [7, 11) is 0. The Morgan fingerprint density at radius 3 is 2.50 bits per heavy atom. The molecule has 2 fully saturated rings. The predicted octanol–water partition coefficient (Wildman–Crippen LogP) is 0.337. The van der Waals surface area contributed by atoms with Gasteiger partial charge in [0.1, 0.15) is 6.04 Å². The highest BCUT2D eigenvalue weighted by atomic mass is 16.2. The molecule has 2 aliphatic rings. The molecule has 0 aromatic carbocycles.